The Balaban J connectivity index is 4.54. The van der Waals surface area contributed by atoms with Crippen molar-refractivity contribution in [3.8, 4) is 0 Å². The molecule has 0 heterocycles. The average Bonchev–Trinajstić information content (AvgIpc) is 2.35. The van der Waals surface area contributed by atoms with Crippen molar-refractivity contribution in [3.05, 3.63) is 0 Å². The number of carboxylic acid groups (broad SMARTS) is 2. The summed E-state index contributed by atoms with van der Waals surface area (Å²) in [6, 6.07) is 0. The fraction of sp³-hybridized carbons (Fsp3) is 0.867. The van der Waals surface area contributed by atoms with Crippen LogP contribution in [0.3, 0.4) is 0 Å². The van der Waals surface area contributed by atoms with Gasteiger partial charge in [-0.25, -0.2) is 0 Å². The summed E-state index contributed by atoms with van der Waals surface area (Å²) < 4.78 is 0. The predicted octanol–water partition coefficient (Wildman–Crippen LogP) is 2.02. The number of carboxylic acids is 2. The maximum atomic E-state index is 11.4. The number of hydrogen-bond acceptors (Lipinski definition) is 4. The molecular weight excluding hydrogens is 276 g/mol. The Labute approximate surface area is 125 Å². The van der Waals surface area contributed by atoms with E-state index in [1.54, 1.807) is 13.8 Å². The highest BCUT2D eigenvalue weighted by molar-refractivity contribution is 5.98. The maximum Gasteiger partial charge on any atom is 0.321 e. The van der Waals surface area contributed by atoms with Crippen molar-refractivity contribution in [3.63, 3.8) is 0 Å². The first-order chi connectivity index (χ1) is 9.72. The highest BCUT2D eigenvalue weighted by Crippen LogP contribution is 2.33. The largest absolute Gasteiger partial charge is 0.480 e. The van der Waals surface area contributed by atoms with E-state index in [4.69, 9.17) is 10.2 Å². The Kier molecular flexibility index (Phi) is 9.21. The molecule has 0 aliphatic rings. The van der Waals surface area contributed by atoms with Crippen LogP contribution >= 0.6 is 0 Å². The predicted molar refractivity (Wildman–Crippen MR) is 78.0 cm³/mol. The van der Waals surface area contributed by atoms with Crippen LogP contribution in [-0.4, -0.2) is 44.6 Å². The van der Waals surface area contributed by atoms with Crippen LogP contribution in [0.5, 0.6) is 0 Å². The number of aliphatic hydroxyl groups excluding tert-OH is 2. The zero-order chi connectivity index (χ0) is 16.5. The Morgan fingerprint density at radius 1 is 0.810 bits per heavy atom. The minimum atomic E-state index is -1.75. The average molecular weight is 304 g/mol. The molecule has 2 atom stereocenters. The van der Waals surface area contributed by atoms with E-state index in [1.807, 2.05) is 0 Å². The van der Waals surface area contributed by atoms with Crippen LogP contribution in [0.15, 0.2) is 0 Å². The van der Waals surface area contributed by atoms with Crippen LogP contribution in [0.25, 0.3) is 0 Å². The molecule has 0 aliphatic carbocycles. The summed E-state index contributed by atoms with van der Waals surface area (Å²) >= 11 is 0. The summed E-state index contributed by atoms with van der Waals surface area (Å²) in [5, 5.41) is 37.0. The topological polar surface area (TPSA) is 115 Å². The van der Waals surface area contributed by atoms with Crippen molar-refractivity contribution in [2.45, 2.75) is 77.4 Å². The first kappa shape index (κ1) is 19.9. The molecule has 0 bridgehead atoms. The van der Waals surface area contributed by atoms with Gasteiger partial charge in [0.1, 0.15) is 0 Å². The molecule has 6 heteroatoms. The van der Waals surface area contributed by atoms with Gasteiger partial charge in [-0.05, 0) is 39.5 Å². The molecule has 0 amide bonds. The van der Waals surface area contributed by atoms with E-state index in [0.717, 1.165) is 0 Å². The first-order valence-electron chi connectivity index (χ1n) is 7.55. The second kappa shape index (κ2) is 9.73. The standard InChI is InChI=1S/C15H28O6/c1-11(16)7-3-5-9-15(13(18)19,14(20)21)10-6-4-8-12(2)17/h11-12,16-17H,3-10H2,1-2H3,(H,18,19)(H,20,21). The van der Waals surface area contributed by atoms with E-state index >= 15 is 0 Å². The van der Waals surface area contributed by atoms with E-state index in [0.29, 0.717) is 38.5 Å². The number of aliphatic carboxylic acids is 2. The third-order valence-corrected chi connectivity index (χ3v) is 3.77. The minimum Gasteiger partial charge on any atom is -0.480 e. The molecule has 0 aliphatic heterocycles. The van der Waals surface area contributed by atoms with Crippen LogP contribution in [0.4, 0.5) is 0 Å². The summed E-state index contributed by atoms with van der Waals surface area (Å²) in [7, 11) is 0. The summed E-state index contributed by atoms with van der Waals surface area (Å²) in [4.78, 5) is 22.9. The third kappa shape index (κ3) is 7.43. The lowest BCUT2D eigenvalue weighted by Crippen LogP contribution is -2.39. The molecule has 0 rings (SSSR count). The molecule has 0 fully saturated rings. The van der Waals surface area contributed by atoms with Crippen LogP contribution in [0, 0.1) is 5.41 Å². The summed E-state index contributed by atoms with van der Waals surface area (Å²) in [6.45, 7) is 3.30. The molecule has 6 nitrogen and oxygen atoms in total. The highest BCUT2D eigenvalue weighted by Gasteiger charge is 2.45. The van der Waals surface area contributed by atoms with Crippen LogP contribution in [-0.2, 0) is 9.59 Å². The fourth-order valence-electron chi connectivity index (χ4n) is 2.38. The SMILES string of the molecule is CC(O)CCCCC(CCCCC(C)O)(C(=O)O)C(=O)O. The lowest BCUT2D eigenvalue weighted by atomic mass is 9.78. The van der Waals surface area contributed by atoms with Gasteiger partial charge in [-0.15, -0.1) is 0 Å². The molecule has 0 aromatic carbocycles. The summed E-state index contributed by atoms with van der Waals surface area (Å²) in [5.41, 5.74) is -1.75. The maximum absolute atomic E-state index is 11.4. The Hall–Kier alpha value is -1.14. The summed E-state index contributed by atoms with van der Waals surface area (Å²) in [6.07, 6.45) is 2.42. The van der Waals surface area contributed by atoms with Gasteiger partial charge in [0, 0.05) is 0 Å². The van der Waals surface area contributed by atoms with Gasteiger partial charge in [0.15, 0.2) is 5.41 Å². The molecule has 2 unspecified atom stereocenters. The van der Waals surface area contributed by atoms with Crippen molar-refractivity contribution in [2.75, 3.05) is 0 Å². The van der Waals surface area contributed by atoms with E-state index < -0.39 is 29.6 Å². The lowest BCUT2D eigenvalue weighted by Gasteiger charge is -2.25. The third-order valence-electron chi connectivity index (χ3n) is 3.77. The van der Waals surface area contributed by atoms with Crippen LogP contribution in [0.1, 0.15) is 65.2 Å². The first-order valence-corrected chi connectivity index (χ1v) is 7.55. The lowest BCUT2D eigenvalue weighted by molar-refractivity contribution is -0.166. The van der Waals surface area contributed by atoms with Crippen molar-refractivity contribution in [1.82, 2.24) is 0 Å². The molecule has 0 aromatic rings. The van der Waals surface area contributed by atoms with E-state index in [2.05, 4.69) is 0 Å². The van der Waals surface area contributed by atoms with Crippen LogP contribution in [0.2, 0.25) is 0 Å². The molecule has 0 saturated heterocycles. The van der Waals surface area contributed by atoms with Crippen LogP contribution < -0.4 is 0 Å². The van der Waals surface area contributed by atoms with Gasteiger partial charge < -0.3 is 20.4 Å². The molecule has 4 N–H and O–H groups in total. The van der Waals surface area contributed by atoms with Gasteiger partial charge in [-0.2, -0.15) is 0 Å². The normalized spacial score (nSPS) is 14.7. The number of hydrogen-bond donors (Lipinski definition) is 4. The highest BCUT2D eigenvalue weighted by atomic mass is 16.4. The zero-order valence-corrected chi connectivity index (χ0v) is 12.9. The molecule has 0 saturated carbocycles. The summed E-state index contributed by atoms with van der Waals surface area (Å²) in [5.74, 6) is -2.60. The zero-order valence-electron chi connectivity index (χ0n) is 12.9. The van der Waals surface area contributed by atoms with E-state index in [-0.39, 0.29) is 12.8 Å². The second-order valence-corrected chi connectivity index (χ2v) is 5.88. The number of unbranched alkanes of at least 4 members (excludes halogenated alkanes) is 2. The number of aliphatic hydroxyl groups is 2. The monoisotopic (exact) mass is 304 g/mol. The molecule has 0 aromatic heterocycles. The number of rotatable bonds is 12. The van der Waals surface area contributed by atoms with Gasteiger partial charge in [-0.1, -0.05) is 25.7 Å². The van der Waals surface area contributed by atoms with Crippen molar-refractivity contribution < 1.29 is 30.0 Å². The minimum absolute atomic E-state index is 0.0685. The molecular formula is C15H28O6. The number of carbonyl (C=O) groups is 2. The molecule has 0 radical (unpaired) electrons. The van der Waals surface area contributed by atoms with E-state index in [1.165, 1.54) is 0 Å². The Morgan fingerprint density at radius 2 is 1.14 bits per heavy atom. The molecule has 0 spiro atoms. The van der Waals surface area contributed by atoms with Crippen molar-refractivity contribution in [1.29, 1.82) is 0 Å². The molecule has 124 valence electrons. The van der Waals surface area contributed by atoms with Gasteiger partial charge in [0.25, 0.3) is 0 Å². The quantitative estimate of drug-likeness (QED) is 0.324. The Morgan fingerprint density at radius 3 is 1.38 bits per heavy atom. The smallest absolute Gasteiger partial charge is 0.321 e. The van der Waals surface area contributed by atoms with Crippen molar-refractivity contribution in [2.24, 2.45) is 5.41 Å². The van der Waals surface area contributed by atoms with E-state index in [9.17, 15) is 19.8 Å². The second-order valence-electron chi connectivity index (χ2n) is 5.88. The van der Waals surface area contributed by atoms with Crippen molar-refractivity contribution >= 4 is 11.9 Å². The Bertz CT molecular complexity index is 292. The van der Waals surface area contributed by atoms with Gasteiger partial charge in [-0.3, -0.25) is 9.59 Å². The van der Waals surface area contributed by atoms with Gasteiger partial charge in [0.05, 0.1) is 12.2 Å². The fourth-order valence-corrected chi connectivity index (χ4v) is 2.38. The van der Waals surface area contributed by atoms with Gasteiger partial charge in [0.2, 0.25) is 0 Å². The molecule has 21 heavy (non-hydrogen) atoms. The van der Waals surface area contributed by atoms with Gasteiger partial charge >= 0.3 is 11.9 Å².